The zero-order chi connectivity index (χ0) is 29.4. The maximum Gasteiger partial charge on any atom is 0.335 e. The van der Waals surface area contributed by atoms with Crippen molar-refractivity contribution in [3.63, 3.8) is 0 Å². The largest absolute Gasteiger partial charge is 0.478 e. The molecule has 2 aromatic heterocycles. The third-order valence-electron chi connectivity index (χ3n) is 7.32. The third kappa shape index (κ3) is 4.86. The van der Waals surface area contributed by atoms with Gasteiger partial charge in [0.25, 0.3) is 11.4 Å². The number of imidazole rings is 1. The summed E-state index contributed by atoms with van der Waals surface area (Å²) in [6.45, 7) is 0.493. The molecule has 0 radical (unpaired) electrons. The van der Waals surface area contributed by atoms with Crippen molar-refractivity contribution in [2.45, 2.75) is 49.1 Å². The molecule has 220 valence electrons. The van der Waals surface area contributed by atoms with Crippen LogP contribution in [-0.2, 0) is 26.4 Å². The number of aromatic carboxylic acids is 1. The topological polar surface area (TPSA) is 238 Å². The van der Waals surface area contributed by atoms with Crippen molar-refractivity contribution in [1.82, 2.24) is 24.8 Å². The van der Waals surface area contributed by atoms with Gasteiger partial charge in [0.1, 0.15) is 18.3 Å². The van der Waals surface area contributed by atoms with E-state index in [0.29, 0.717) is 30.7 Å². The standard InChI is InChI=1S/C25H27N9O8/c35-8-15-17(36)18(37)21(42-15)34-11-27-16-19(29-14-5-6-41-9-14)30-23(31-20(16)34)25(10-28-33-32-25)24(40)26-7-12-1-3-13(4-2-12)22(38)39/h1-4,10-11,14-15,17-18,21,35-37H,5-9H2,(H,26,40)(H,38,39)(H,29,30,31)/t14-,15-,17-,18+,21-,25?/m1/s1. The Bertz CT molecular complexity index is 1540. The summed E-state index contributed by atoms with van der Waals surface area (Å²) in [5.41, 5.74) is -0.668. The third-order valence-corrected chi connectivity index (χ3v) is 7.32. The minimum absolute atomic E-state index is 0.0388. The van der Waals surface area contributed by atoms with Gasteiger partial charge in [-0.25, -0.2) is 19.7 Å². The average molecular weight is 582 g/mol. The number of nitrogens with zero attached hydrogens (tertiary/aromatic N) is 7. The Balaban J connectivity index is 1.37. The van der Waals surface area contributed by atoms with E-state index >= 15 is 0 Å². The highest BCUT2D eigenvalue weighted by Gasteiger charge is 2.47. The fourth-order valence-electron chi connectivity index (χ4n) is 4.95. The van der Waals surface area contributed by atoms with Gasteiger partial charge in [-0.05, 0) is 29.3 Å². The molecule has 0 saturated carbocycles. The summed E-state index contributed by atoms with van der Waals surface area (Å²) in [5.74, 6) is -1.55. The van der Waals surface area contributed by atoms with Crippen LogP contribution in [-0.4, -0.2) is 102 Å². The highest BCUT2D eigenvalue weighted by molar-refractivity contribution is 6.04. The molecule has 42 heavy (non-hydrogen) atoms. The van der Waals surface area contributed by atoms with Crippen LogP contribution in [0.25, 0.3) is 11.2 Å². The van der Waals surface area contributed by atoms with Gasteiger partial charge in [-0.3, -0.25) is 9.36 Å². The molecule has 5 heterocycles. The number of aliphatic hydroxyl groups is 3. The number of rotatable bonds is 9. The fourth-order valence-corrected chi connectivity index (χ4v) is 4.95. The highest BCUT2D eigenvalue weighted by atomic mass is 16.6. The minimum Gasteiger partial charge on any atom is -0.478 e. The lowest BCUT2D eigenvalue weighted by Crippen LogP contribution is -2.44. The number of aliphatic hydroxyl groups excluding tert-OH is 3. The number of fused-ring (bicyclic) bond motifs is 1. The summed E-state index contributed by atoms with van der Waals surface area (Å²) in [6.07, 6.45) is -1.69. The molecule has 0 bridgehead atoms. The van der Waals surface area contributed by atoms with Crippen LogP contribution >= 0.6 is 0 Å². The van der Waals surface area contributed by atoms with Crippen molar-refractivity contribution >= 4 is 35.1 Å². The van der Waals surface area contributed by atoms with E-state index in [-0.39, 0.29) is 35.4 Å². The van der Waals surface area contributed by atoms with Gasteiger partial charge in [0.05, 0.1) is 37.4 Å². The first-order valence-electron chi connectivity index (χ1n) is 13.1. The number of nitrogens with one attached hydrogen (secondary N) is 2. The molecule has 2 fully saturated rings. The first-order valence-corrected chi connectivity index (χ1v) is 13.1. The lowest BCUT2D eigenvalue weighted by Gasteiger charge is -2.22. The Morgan fingerprint density at radius 2 is 1.95 bits per heavy atom. The van der Waals surface area contributed by atoms with E-state index in [9.17, 15) is 24.9 Å². The second-order valence-corrected chi connectivity index (χ2v) is 10.0. The zero-order valence-electron chi connectivity index (χ0n) is 21.9. The van der Waals surface area contributed by atoms with Crippen LogP contribution in [0, 0.1) is 0 Å². The van der Waals surface area contributed by atoms with Gasteiger partial charge in [-0.2, -0.15) is 0 Å². The van der Waals surface area contributed by atoms with Gasteiger partial charge < -0.3 is 40.5 Å². The first kappa shape index (κ1) is 27.7. The number of carboxylic acid groups (broad SMARTS) is 1. The number of hydrogen-bond acceptors (Lipinski definition) is 14. The predicted octanol–water partition coefficient (Wildman–Crippen LogP) is -0.700. The van der Waals surface area contributed by atoms with Gasteiger partial charge in [0.2, 0.25) is 0 Å². The molecule has 1 unspecified atom stereocenters. The Morgan fingerprint density at radius 1 is 1.14 bits per heavy atom. The summed E-state index contributed by atoms with van der Waals surface area (Å²) in [6, 6.07) is 5.91. The summed E-state index contributed by atoms with van der Waals surface area (Å²) in [7, 11) is 0. The van der Waals surface area contributed by atoms with E-state index < -0.39 is 48.6 Å². The molecule has 3 aliphatic heterocycles. The van der Waals surface area contributed by atoms with Crippen molar-refractivity contribution in [3.05, 3.63) is 47.5 Å². The molecule has 0 aliphatic carbocycles. The number of ether oxygens (including phenoxy) is 2. The van der Waals surface area contributed by atoms with E-state index in [1.165, 1.54) is 29.2 Å². The second kappa shape index (κ2) is 11.1. The quantitative estimate of drug-likeness (QED) is 0.184. The lowest BCUT2D eigenvalue weighted by molar-refractivity contribution is -0.124. The Morgan fingerprint density at radius 3 is 2.60 bits per heavy atom. The van der Waals surface area contributed by atoms with Crippen LogP contribution in [0.5, 0.6) is 0 Å². The smallest absolute Gasteiger partial charge is 0.335 e. The number of aromatic nitrogens is 4. The summed E-state index contributed by atoms with van der Waals surface area (Å²) in [4.78, 5) is 38.4. The molecule has 6 atom stereocenters. The molecule has 3 aliphatic rings. The van der Waals surface area contributed by atoms with Crippen molar-refractivity contribution < 1.29 is 39.5 Å². The normalized spacial score (nSPS) is 28.5. The van der Waals surface area contributed by atoms with Gasteiger partial charge in [0.15, 0.2) is 29.0 Å². The van der Waals surface area contributed by atoms with Gasteiger partial charge in [-0.1, -0.05) is 12.1 Å². The maximum absolute atomic E-state index is 13.6. The van der Waals surface area contributed by atoms with Crippen molar-refractivity contribution in [2.24, 2.45) is 15.4 Å². The maximum atomic E-state index is 13.6. The molecule has 1 aromatic carbocycles. The van der Waals surface area contributed by atoms with E-state index in [2.05, 4.69) is 41.0 Å². The molecular formula is C25H27N9O8. The SMILES string of the molecule is O=C(O)c1ccc(CNC(=O)C2(c3nc(N[C@@H]4CCOC4)c4ncn([C@@H]5O[C@H](CO)[C@@H](O)[C@@H]5O)c4n3)C=NN=N2)cc1. The molecule has 1 amide bonds. The zero-order valence-corrected chi connectivity index (χ0v) is 21.9. The molecule has 0 spiro atoms. The second-order valence-electron chi connectivity index (χ2n) is 10.0. The summed E-state index contributed by atoms with van der Waals surface area (Å²) in [5, 5.41) is 57.3. The van der Waals surface area contributed by atoms with Crippen molar-refractivity contribution in [3.8, 4) is 0 Å². The van der Waals surface area contributed by atoms with Crippen LogP contribution < -0.4 is 10.6 Å². The number of amides is 1. The van der Waals surface area contributed by atoms with Crippen LogP contribution in [0.4, 0.5) is 5.82 Å². The molecule has 17 heteroatoms. The van der Waals surface area contributed by atoms with Crippen molar-refractivity contribution in [1.29, 1.82) is 0 Å². The predicted molar refractivity (Wildman–Crippen MR) is 141 cm³/mol. The van der Waals surface area contributed by atoms with E-state index in [1.807, 2.05) is 0 Å². The van der Waals surface area contributed by atoms with Crippen LogP contribution in [0.2, 0.25) is 0 Å². The van der Waals surface area contributed by atoms with Gasteiger partial charge in [0, 0.05) is 13.2 Å². The Hall–Kier alpha value is -4.42. The summed E-state index contributed by atoms with van der Waals surface area (Å²) >= 11 is 0. The van der Waals surface area contributed by atoms with Crippen LogP contribution in [0.1, 0.15) is 34.4 Å². The minimum atomic E-state index is -1.87. The molecule has 6 N–H and O–H groups in total. The molecule has 3 aromatic rings. The summed E-state index contributed by atoms with van der Waals surface area (Å²) < 4.78 is 12.6. The molecular weight excluding hydrogens is 554 g/mol. The Labute approximate surface area is 236 Å². The molecule has 2 saturated heterocycles. The number of hydrogen-bond donors (Lipinski definition) is 6. The number of carboxylic acids is 1. The van der Waals surface area contributed by atoms with Gasteiger partial charge >= 0.3 is 5.97 Å². The Kier molecular flexibility index (Phi) is 7.33. The van der Waals surface area contributed by atoms with Gasteiger partial charge in [-0.15, -0.1) is 10.2 Å². The number of anilines is 1. The van der Waals surface area contributed by atoms with E-state index in [0.717, 1.165) is 0 Å². The van der Waals surface area contributed by atoms with Crippen LogP contribution in [0.15, 0.2) is 46.0 Å². The highest BCUT2D eigenvalue weighted by Crippen LogP contribution is 2.35. The molecule has 6 rings (SSSR count). The van der Waals surface area contributed by atoms with E-state index in [1.54, 1.807) is 12.1 Å². The van der Waals surface area contributed by atoms with Crippen molar-refractivity contribution in [2.75, 3.05) is 25.1 Å². The van der Waals surface area contributed by atoms with Crippen LogP contribution in [0.3, 0.4) is 0 Å². The number of benzene rings is 1. The monoisotopic (exact) mass is 581 g/mol. The number of carbonyl (C=O) groups is 2. The first-order chi connectivity index (χ1) is 20.3. The average Bonchev–Trinajstić information content (AvgIpc) is 3.81. The number of carbonyl (C=O) groups excluding carboxylic acids is 1. The lowest BCUT2D eigenvalue weighted by atomic mass is 9.99. The van der Waals surface area contributed by atoms with E-state index in [4.69, 9.17) is 14.6 Å². The fraction of sp³-hybridized carbons (Fsp3) is 0.440. The molecule has 17 nitrogen and oxygen atoms in total.